The van der Waals surface area contributed by atoms with E-state index in [1.165, 1.54) is 18.5 Å². The third-order valence-corrected chi connectivity index (χ3v) is 4.90. The Balaban J connectivity index is 0.00000144. The van der Waals surface area contributed by atoms with Crippen LogP contribution in [0.2, 0.25) is 0 Å². The number of nitrogens with zero attached hydrogens (tertiary/aromatic N) is 1. The third-order valence-electron chi connectivity index (χ3n) is 4.90. The van der Waals surface area contributed by atoms with Crippen molar-refractivity contribution in [2.75, 3.05) is 43.1 Å². The highest BCUT2D eigenvalue weighted by molar-refractivity contribution is 5.96. The average molecular weight is 376 g/mol. The number of ether oxygens (including phenoxy) is 1. The fraction of sp³-hybridized carbons (Fsp3) is 0.588. The Kier molecular flexibility index (Phi) is 8.30. The van der Waals surface area contributed by atoms with Crippen LogP contribution < -0.4 is 16.0 Å². The number of halogens is 2. The summed E-state index contributed by atoms with van der Waals surface area (Å²) in [5.41, 5.74) is 7.45. The molecule has 0 unspecified atom stereocenters. The maximum Gasteiger partial charge on any atom is 0.232 e. The molecule has 0 aliphatic carbocycles. The van der Waals surface area contributed by atoms with Crippen LogP contribution in [0.4, 0.5) is 11.4 Å². The van der Waals surface area contributed by atoms with Gasteiger partial charge in [0.1, 0.15) is 0 Å². The summed E-state index contributed by atoms with van der Waals surface area (Å²) in [6.45, 7) is 3.79. The van der Waals surface area contributed by atoms with Crippen molar-refractivity contribution in [1.82, 2.24) is 0 Å². The smallest absolute Gasteiger partial charge is 0.232 e. The normalized spacial score (nSPS) is 19.1. The highest BCUT2D eigenvalue weighted by atomic mass is 35.5. The quantitative estimate of drug-likeness (QED) is 0.848. The van der Waals surface area contributed by atoms with Crippen LogP contribution in [0.5, 0.6) is 0 Å². The minimum absolute atomic E-state index is 0. The standard InChI is InChI=1S/C17H25N3O2.2ClH/c18-13-17(6-10-22-11-7-17)16(21)19-14-4-3-5-15(12-14)20-8-1-2-9-20;;/h3-5,12H,1-2,6-11,13,18H2,(H,19,21);2*1H. The molecule has 2 aliphatic rings. The van der Waals surface area contributed by atoms with Gasteiger partial charge in [0.05, 0.1) is 5.41 Å². The second-order valence-electron chi connectivity index (χ2n) is 6.30. The van der Waals surface area contributed by atoms with E-state index in [0.29, 0.717) is 32.6 Å². The molecule has 0 spiro atoms. The second-order valence-corrected chi connectivity index (χ2v) is 6.30. The van der Waals surface area contributed by atoms with Crippen LogP contribution in [-0.2, 0) is 9.53 Å². The summed E-state index contributed by atoms with van der Waals surface area (Å²) in [5.74, 6) is 0.0249. The zero-order valence-corrected chi connectivity index (χ0v) is 15.5. The molecule has 0 bridgehead atoms. The molecule has 136 valence electrons. The summed E-state index contributed by atoms with van der Waals surface area (Å²) in [6, 6.07) is 8.12. The number of amides is 1. The second kappa shape index (κ2) is 9.47. The van der Waals surface area contributed by atoms with E-state index in [9.17, 15) is 4.79 Å². The largest absolute Gasteiger partial charge is 0.381 e. The lowest BCUT2D eigenvalue weighted by atomic mass is 9.79. The van der Waals surface area contributed by atoms with E-state index in [0.717, 1.165) is 18.8 Å². The molecule has 0 radical (unpaired) electrons. The van der Waals surface area contributed by atoms with Crippen LogP contribution in [0.25, 0.3) is 0 Å². The lowest BCUT2D eigenvalue weighted by molar-refractivity contribution is -0.130. The average Bonchev–Trinajstić information content (AvgIpc) is 3.10. The number of carbonyl (C=O) groups excluding carboxylic acids is 1. The van der Waals surface area contributed by atoms with E-state index < -0.39 is 5.41 Å². The van der Waals surface area contributed by atoms with Crippen molar-refractivity contribution < 1.29 is 9.53 Å². The first-order valence-electron chi connectivity index (χ1n) is 8.18. The first kappa shape index (κ1) is 21.0. The van der Waals surface area contributed by atoms with Crippen molar-refractivity contribution in [3.05, 3.63) is 24.3 Å². The molecular formula is C17H27Cl2N3O2. The number of carbonyl (C=O) groups is 1. The number of benzene rings is 1. The molecule has 0 atom stereocenters. The summed E-state index contributed by atoms with van der Waals surface area (Å²) in [4.78, 5) is 15.1. The Hall–Kier alpha value is -1.01. The van der Waals surface area contributed by atoms with Crippen molar-refractivity contribution in [1.29, 1.82) is 0 Å². The number of hydrogen-bond acceptors (Lipinski definition) is 4. The molecule has 2 aliphatic heterocycles. The molecule has 1 amide bonds. The zero-order valence-electron chi connectivity index (χ0n) is 13.8. The minimum atomic E-state index is -0.484. The van der Waals surface area contributed by atoms with Gasteiger partial charge in [0, 0.05) is 44.2 Å². The summed E-state index contributed by atoms with van der Waals surface area (Å²) in [7, 11) is 0. The summed E-state index contributed by atoms with van der Waals surface area (Å²) in [6.07, 6.45) is 3.88. The van der Waals surface area contributed by atoms with Gasteiger partial charge in [0.2, 0.25) is 5.91 Å². The monoisotopic (exact) mass is 375 g/mol. The zero-order chi connectivity index (χ0) is 15.4. The van der Waals surface area contributed by atoms with Crippen molar-refractivity contribution in [3.63, 3.8) is 0 Å². The Morgan fingerprint density at radius 1 is 1.21 bits per heavy atom. The Bertz CT molecular complexity index is 530. The molecule has 1 aromatic carbocycles. The molecule has 5 nitrogen and oxygen atoms in total. The van der Waals surface area contributed by atoms with Crippen LogP contribution in [0.1, 0.15) is 25.7 Å². The maximum absolute atomic E-state index is 12.7. The van der Waals surface area contributed by atoms with Crippen LogP contribution in [0.15, 0.2) is 24.3 Å². The molecule has 2 fully saturated rings. The molecule has 0 saturated carbocycles. The van der Waals surface area contributed by atoms with Crippen molar-refractivity contribution in [3.8, 4) is 0 Å². The number of nitrogens with two attached hydrogens (primary N) is 1. The van der Waals surface area contributed by atoms with Gasteiger partial charge in [-0.3, -0.25) is 4.79 Å². The molecule has 2 saturated heterocycles. The molecule has 7 heteroatoms. The first-order valence-corrected chi connectivity index (χ1v) is 8.18. The van der Waals surface area contributed by atoms with E-state index in [-0.39, 0.29) is 30.7 Å². The summed E-state index contributed by atoms with van der Waals surface area (Å²) in [5, 5.41) is 3.07. The van der Waals surface area contributed by atoms with Crippen LogP contribution in [0, 0.1) is 5.41 Å². The van der Waals surface area contributed by atoms with Crippen molar-refractivity contribution in [2.45, 2.75) is 25.7 Å². The number of rotatable bonds is 4. The van der Waals surface area contributed by atoms with E-state index in [1.807, 2.05) is 12.1 Å². The van der Waals surface area contributed by atoms with Gasteiger partial charge in [-0.05, 0) is 43.9 Å². The van der Waals surface area contributed by atoms with Gasteiger partial charge in [-0.2, -0.15) is 0 Å². The molecule has 1 aromatic rings. The topological polar surface area (TPSA) is 67.6 Å². The first-order chi connectivity index (χ1) is 10.7. The molecule has 3 N–H and O–H groups in total. The van der Waals surface area contributed by atoms with Crippen LogP contribution in [-0.4, -0.2) is 38.8 Å². The predicted molar refractivity (Wildman–Crippen MR) is 103 cm³/mol. The molecule has 2 heterocycles. The minimum Gasteiger partial charge on any atom is -0.381 e. The highest BCUT2D eigenvalue weighted by Crippen LogP contribution is 2.31. The van der Waals surface area contributed by atoms with Gasteiger partial charge in [-0.1, -0.05) is 6.07 Å². The predicted octanol–water partition coefficient (Wildman–Crippen LogP) is 2.82. The molecule has 3 rings (SSSR count). The van der Waals surface area contributed by atoms with Crippen molar-refractivity contribution >= 4 is 42.1 Å². The third kappa shape index (κ3) is 4.54. The fourth-order valence-corrected chi connectivity index (χ4v) is 3.31. The molecular weight excluding hydrogens is 349 g/mol. The SMILES string of the molecule is Cl.Cl.NCC1(C(=O)Nc2cccc(N3CCCC3)c2)CCOCC1. The van der Waals surface area contributed by atoms with Gasteiger partial charge < -0.3 is 20.7 Å². The van der Waals surface area contributed by atoms with E-state index >= 15 is 0 Å². The van der Waals surface area contributed by atoms with Gasteiger partial charge in [0.15, 0.2) is 0 Å². The van der Waals surface area contributed by atoms with Crippen molar-refractivity contribution in [2.24, 2.45) is 11.1 Å². The Morgan fingerprint density at radius 2 is 1.88 bits per heavy atom. The van der Waals surface area contributed by atoms with Gasteiger partial charge >= 0.3 is 0 Å². The number of hydrogen-bond donors (Lipinski definition) is 2. The molecule has 0 aromatic heterocycles. The lowest BCUT2D eigenvalue weighted by Crippen LogP contribution is -2.46. The van der Waals surface area contributed by atoms with Gasteiger partial charge in [-0.15, -0.1) is 24.8 Å². The Morgan fingerprint density at radius 3 is 2.50 bits per heavy atom. The van der Waals surface area contributed by atoms with E-state index in [1.54, 1.807) is 0 Å². The number of anilines is 2. The van der Waals surface area contributed by atoms with E-state index in [2.05, 4.69) is 22.3 Å². The van der Waals surface area contributed by atoms with Gasteiger partial charge in [0.25, 0.3) is 0 Å². The highest BCUT2D eigenvalue weighted by Gasteiger charge is 2.38. The molecule has 24 heavy (non-hydrogen) atoms. The van der Waals surface area contributed by atoms with E-state index in [4.69, 9.17) is 10.5 Å². The maximum atomic E-state index is 12.7. The lowest BCUT2D eigenvalue weighted by Gasteiger charge is -2.34. The summed E-state index contributed by atoms with van der Waals surface area (Å²) < 4.78 is 5.37. The Labute approximate surface area is 156 Å². The van der Waals surface area contributed by atoms with Crippen LogP contribution >= 0.6 is 24.8 Å². The summed E-state index contributed by atoms with van der Waals surface area (Å²) >= 11 is 0. The number of nitrogens with one attached hydrogen (secondary N) is 1. The van der Waals surface area contributed by atoms with Crippen LogP contribution in [0.3, 0.4) is 0 Å². The van der Waals surface area contributed by atoms with Gasteiger partial charge in [-0.25, -0.2) is 0 Å². The fourth-order valence-electron chi connectivity index (χ4n) is 3.31.